The number of amides is 2. The molecule has 1 fully saturated rings. The Bertz CT molecular complexity index is 927. The Kier molecular flexibility index (Phi) is 6.53. The minimum atomic E-state index is -1.05. The van der Waals surface area contributed by atoms with Gasteiger partial charge in [-0.2, -0.15) is 0 Å². The van der Waals surface area contributed by atoms with Crippen molar-refractivity contribution in [3.63, 3.8) is 0 Å². The summed E-state index contributed by atoms with van der Waals surface area (Å²) in [4.78, 5) is 40.5. The normalized spacial score (nSPS) is 23.3. The number of imide groups is 1. The minimum absolute atomic E-state index is 0.101. The van der Waals surface area contributed by atoms with Crippen LogP contribution in [0.15, 0.2) is 35.6 Å². The Morgan fingerprint density at radius 2 is 1.78 bits per heavy atom. The molecule has 32 heavy (non-hydrogen) atoms. The number of benzene rings is 1. The predicted molar refractivity (Wildman–Crippen MR) is 116 cm³/mol. The minimum Gasteiger partial charge on any atom is -0.497 e. The van der Waals surface area contributed by atoms with Crippen molar-refractivity contribution in [1.29, 1.82) is 0 Å². The lowest BCUT2D eigenvalue weighted by molar-refractivity contribution is -0.146. The van der Waals surface area contributed by atoms with Crippen molar-refractivity contribution < 1.29 is 33.3 Å². The maximum atomic E-state index is 13.8. The third-order valence-electron chi connectivity index (χ3n) is 5.68. The first-order valence-electron chi connectivity index (χ1n) is 10.7. The lowest BCUT2D eigenvalue weighted by Gasteiger charge is -2.33. The number of methoxy groups -OCH3 is 1. The lowest BCUT2D eigenvalue weighted by Crippen LogP contribution is -2.49. The Morgan fingerprint density at radius 1 is 1.16 bits per heavy atom. The van der Waals surface area contributed by atoms with Gasteiger partial charge in [0.05, 0.1) is 24.8 Å². The summed E-state index contributed by atoms with van der Waals surface area (Å²) in [5.41, 5.74) is 0.390. The second-order valence-corrected chi connectivity index (χ2v) is 9.38. The quantitative estimate of drug-likeness (QED) is 0.633. The number of cyclic esters (lactones) is 1. The third kappa shape index (κ3) is 4.45. The highest BCUT2D eigenvalue weighted by atomic mass is 16.6. The van der Waals surface area contributed by atoms with Gasteiger partial charge in [0.25, 0.3) is 0 Å². The molecule has 0 saturated carbocycles. The molecule has 0 N–H and O–H groups in total. The standard InChI is InChI=1S/C24H31NO7/c1-13(2)31-22(27)18-14(3)32-20(15-8-10-16(29-7)11-9-15)19(18)21(26)25-17(24(4,5)6)12-30-23(25)28/h8-11,13,17,19-20H,12H2,1-7H3/t17-,19+,20-/m1/s1. The van der Waals surface area contributed by atoms with Crippen LogP contribution in [-0.4, -0.2) is 48.7 Å². The highest BCUT2D eigenvalue weighted by molar-refractivity contribution is 6.03. The molecule has 1 aromatic rings. The summed E-state index contributed by atoms with van der Waals surface area (Å²) in [5, 5.41) is 0. The van der Waals surface area contributed by atoms with Crippen LogP contribution in [-0.2, 0) is 23.8 Å². The molecule has 2 aliphatic heterocycles. The number of allylic oxidation sites excluding steroid dienone is 1. The Labute approximate surface area is 188 Å². The zero-order chi connectivity index (χ0) is 23.8. The second kappa shape index (κ2) is 8.84. The van der Waals surface area contributed by atoms with Gasteiger partial charge < -0.3 is 18.9 Å². The molecule has 0 radical (unpaired) electrons. The maximum Gasteiger partial charge on any atom is 0.417 e. The van der Waals surface area contributed by atoms with Gasteiger partial charge in [-0.05, 0) is 43.9 Å². The van der Waals surface area contributed by atoms with Gasteiger partial charge in [-0.1, -0.05) is 32.9 Å². The number of carbonyl (C=O) groups is 3. The monoisotopic (exact) mass is 445 g/mol. The molecule has 8 nitrogen and oxygen atoms in total. The number of esters is 1. The van der Waals surface area contributed by atoms with Crippen molar-refractivity contribution >= 4 is 18.0 Å². The maximum absolute atomic E-state index is 13.8. The van der Waals surface area contributed by atoms with E-state index in [4.69, 9.17) is 18.9 Å². The topological polar surface area (TPSA) is 91.4 Å². The van der Waals surface area contributed by atoms with Gasteiger partial charge in [-0.25, -0.2) is 14.5 Å². The van der Waals surface area contributed by atoms with Gasteiger partial charge in [0.15, 0.2) is 0 Å². The van der Waals surface area contributed by atoms with Crippen LogP contribution in [0.3, 0.4) is 0 Å². The molecular weight excluding hydrogens is 414 g/mol. The molecule has 2 heterocycles. The van der Waals surface area contributed by atoms with Gasteiger partial charge in [0.1, 0.15) is 30.1 Å². The number of ether oxygens (including phenoxy) is 4. The van der Waals surface area contributed by atoms with Crippen LogP contribution >= 0.6 is 0 Å². The number of hydrogen-bond acceptors (Lipinski definition) is 7. The van der Waals surface area contributed by atoms with Crippen LogP contribution in [0.2, 0.25) is 0 Å². The summed E-state index contributed by atoms with van der Waals surface area (Å²) >= 11 is 0. The van der Waals surface area contributed by atoms with E-state index >= 15 is 0 Å². The number of rotatable bonds is 5. The Morgan fingerprint density at radius 3 is 2.31 bits per heavy atom. The summed E-state index contributed by atoms with van der Waals surface area (Å²) < 4.78 is 21.9. The van der Waals surface area contributed by atoms with E-state index in [1.54, 1.807) is 52.1 Å². The third-order valence-corrected chi connectivity index (χ3v) is 5.68. The van der Waals surface area contributed by atoms with Crippen molar-refractivity contribution in [1.82, 2.24) is 4.90 Å². The number of carbonyl (C=O) groups excluding carboxylic acids is 3. The summed E-state index contributed by atoms with van der Waals surface area (Å²) in [6.07, 6.45) is -1.89. The molecular formula is C24H31NO7. The largest absolute Gasteiger partial charge is 0.497 e. The van der Waals surface area contributed by atoms with Gasteiger partial charge >= 0.3 is 12.1 Å². The fourth-order valence-electron chi connectivity index (χ4n) is 4.00. The van der Waals surface area contributed by atoms with Crippen LogP contribution in [0.4, 0.5) is 4.79 Å². The molecule has 0 aromatic heterocycles. The summed E-state index contributed by atoms with van der Waals surface area (Å²) in [6, 6.07) is 6.58. The van der Waals surface area contributed by atoms with E-state index in [2.05, 4.69) is 0 Å². The summed E-state index contributed by atoms with van der Waals surface area (Å²) in [6.45, 7) is 11.0. The van der Waals surface area contributed by atoms with Crippen LogP contribution in [0, 0.1) is 11.3 Å². The van der Waals surface area contributed by atoms with Crippen molar-refractivity contribution in [2.75, 3.05) is 13.7 Å². The summed E-state index contributed by atoms with van der Waals surface area (Å²) in [5.74, 6) is -1.28. The van der Waals surface area contributed by atoms with Crippen molar-refractivity contribution in [2.24, 2.45) is 11.3 Å². The van der Waals surface area contributed by atoms with E-state index in [0.29, 0.717) is 17.1 Å². The SMILES string of the molecule is COc1ccc([C@H]2OC(C)=C(C(=O)OC(C)C)[C@@H]2C(=O)N2C(=O)OC[C@@H]2C(C)(C)C)cc1. The van der Waals surface area contributed by atoms with Gasteiger partial charge in [-0.15, -0.1) is 0 Å². The fraction of sp³-hybridized carbons (Fsp3) is 0.542. The lowest BCUT2D eigenvalue weighted by atomic mass is 9.84. The molecule has 2 amide bonds. The molecule has 8 heteroatoms. The molecule has 1 aromatic carbocycles. The molecule has 3 rings (SSSR count). The Hall–Kier alpha value is -3.03. The highest BCUT2D eigenvalue weighted by Crippen LogP contribution is 2.44. The average Bonchev–Trinajstić information content (AvgIpc) is 3.27. The molecule has 1 saturated heterocycles. The van der Waals surface area contributed by atoms with E-state index in [1.165, 1.54) is 0 Å². The van der Waals surface area contributed by atoms with Crippen LogP contribution in [0.25, 0.3) is 0 Å². The smallest absolute Gasteiger partial charge is 0.417 e. The fourth-order valence-corrected chi connectivity index (χ4v) is 4.00. The summed E-state index contributed by atoms with van der Waals surface area (Å²) in [7, 11) is 1.56. The first-order valence-corrected chi connectivity index (χ1v) is 10.7. The van der Waals surface area contributed by atoms with Crippen molar-refractivity contribution in [3.8, 4) is 5.75 Å². The molecule has 0 spiro atoms. The molecule has 0 unspecified atom stereocenters. The van der Waals surface area contributed by atoms with Gasteiger partial charge in [0.2, 0.25) is 5.91 Å². The average molecular weight is 446 g/mol. The van der Waals surface area contributed by atoms with E-state index in [1.807, 2.05) is 20.8 Å². The van der Waals surface area contributed by atoms with Crippen LogP contribution in [0.5, 0.6) is 5.75 Å². The molecule has 174 valence electrons. The van der Waals surface area contributed by atoms with E-state index in [-0.39, 0.29) is 18.3 Å². The van der Waals surface area contributed by atoms with Crippen LogP contribution < -0.4 is 4.74 Å². The number of nitrogens with zero attached hydrogens (tertiary/aromatic N) is 1. The highest BCUT2D eigenvalue weighted by Gasteiger charge is 2.53. The predicted octanol–water partition coefficient (Wildman–Crippen LogP) is 4.00. The van der Waals surface area contributed by atoms with E-state index in [9.17, 15) is 14.4 Å². The van der Waals surface area contributed by atoms with Crippen molar-refractivity contribution in [3.05, 3.63) is 41.2 Å². The van der Waals surface area contributed by atoms with E-state index < -0.39 is 41.4 Å². The zero-order valence-corrected chi connectivity index (χ0v) is 19.6. The number of hydrogen-bond donors (Lipinski definition) is 0. The molecule has 0 bridgehead atoms. The van der Waals surface area contributed by atoms with Crippen LogP contribution in [0.1, 0.15) is 53.2 Å². The molecule has 0 aliphatic carbocycles. The van der Waals surface area contributed by atoms with Gasteiger partial charge in [0, 0.05) is 0 Å². The van der Waals surface area contributed by atoms with E-state index in [0.717, 1.165) is 4.90 Å². The first-order chi connectivity index (χ1) is 15.0. The van der Waals surface area contributed by atoms with Crippen molar-refractivity contribution in [2.45, 2.75) is 59.8 Å². The van der Waals surface area contributed by atoms with Gasteiger partial charge in [-0.3, -0.25) is 4.79 Å². The Balaban J connectivity index is 2.05. The first kappa shape index (κ1) is 23.6. The zero-order valence-electron chi connectivity index (χ0n) is 19.6. The molecule has 3 atom stereocenters. The molecule has 2 aliphatic rings. The second-order valence-electron chi connectivity index (χ2n) is 9.38.